The number of aryl methyl sites for hydroxylation is 1. The average Bonchev–Trinajstić information content (AvgIpc) is 3.08. The van der Waals surface area contributed by atoms with E-state index in [2.05, 4.69) is 47.6 Å². The van der Waals surface area contributed by atoms with Crippen LogP contribution < -0.4 is 0 Å². The van der Waals surface area contributed by atoms with E-state index in [0.717, 1.165) is 28.4 Å². The number of nitriles is 1. The molecular formula is C20H19N3S. The fourth-order valence-electron chi connectivity index (χ4n) is 2.93. The summed E-state index contributed by atoms with van der Waals surface area (Å²) in [6.45, 7) is 9.65. The second-order valence-electron chi connectivity index (χ2n) is 6.04. The molecule has 1 aromatic heterocycles. The quantitative estimate of drug-likeness (QED) is 0.576. The van der Waals surface area contributed by atoms with Crippen molar-refractivity contribution in [2.45, 2.75) is 32.6 Å². The van der Waals surface area contributed by atoms with Crippen LogP contribution in [0.3, 0.4) is 0 Å². The third-order valence-electron chi connectivity index (χ3n) is 4.22. The molecule has 4 heteroatoms. The fraction of sp³-hybridized carbons (Fsp3) is 0.250. The topological polar surface area (TPSA) is 49.6 Å². The van der Waals surface area contributed by atoms with Gasteiger partial charge in [-0.1, -0.05) is 42.7 Å². The van der Waals surface area contributed by atoms with Gasteiger partial charge in [0, 0.05) is 11.1 Å². The van der Waals surface area contributed by atoms with E-state index in [1.165, 1.54) is 40.9 Å². The first-order valence-electron chi connectivity index (χ1n) is 8.01. The summed E-state index contributed by atoms with van der Waals surface area (Å²) in [4.78, 5) is 0. The minimum atomic E-state index is 0.522. The highest BCUT2D eigenvalue weighted by Crippen LogP contribution is 2.34. The summed E-state index contributed by atoms with van der Waals surface area (Å²) in [5, 5.41) is 19.5. The number of allylic oxidation sites excluding steroid dienone is 4. The molecule has 0 aliphatic heterocycles. The van der Waals surface area contributed by atoms with Gasteiger partial charge in [0.1, 0.15) is 10.0 Å². The van der Waals surface area contributed by atoms with Crippen molar-refractivity contribution < 1.29 is 0 Å². The Kier molecular flexibility index (Phi) is 4.73. The van der Waals surface area contributed by atoms with Crippen LogP contribution in [0.5, 0.6) is 0 Å². The Labute approximate surface area is 146 Å². The minimum absolute atomic E-state index is 0.522. The number of aromatic nitrogens is 2. The van der Waals surface area contributed by atoms with Crippen LogP contribution in [0.4, 0.5) is 0 Å². The first-order chi connectivity index (χ1) is 11.6. The summed E-state index contributed by atoms with van der Waals surface area (Å²) in [5.74, 6) is 0. The Hall–Kier alpha value is -2.51. The molecule has 3 nitrogen and oxygen atoms in total. The highest BCUT2D eigenvalue weighted by molar-refractivity contribution is 7.15. The van der Waals surface area contributed by atoms with Crippen molar-refractivity contribution in [2.75, 3.05) is 0 Å². The molecule has 0 bridgehead atoms. The lowest BCUT2D eigenvalue weighted by Crippen LogP contribution is -2.04. The largest absolute Gasteiger partial charge is 0.192 e. The molecule has 0 atom stereocenters. The Morgan fingerprint density at radius 1 is 1.25 bits per heavy atom. The molecule has 120 valence electrons. The van der Waals surface area contributed by atoms with E-state index >= 15 is 0 Å². The first-order valence-corrected chi connectivity index (χ1v) is 8.83. The Morgan fingerprint density at radius 3 is 2.79 bits per heavy atom. The zero-order chi connectivity index (χ0) is 17.1. The van der Waals surface area contributed by atoms with Gasteiger partial charge in [-0.15, -0.1) is 10.2 Å². The number of hydrogen-bond donors (Lipinski definition) is 0. The molecule has 1 heterocycles. The van der Waals surface area contributed by atoms with Gasteiger partial charge in [-0.05, 0) is 55.4 Å². The van der Waals surface area contributed by atoms with E-state index in [1.807, 2.05) is 6.92 Å². The third-order valence-corrected chi connectivity index (χ3v) is 5.26. The molecule has 1 aliphatic carbocycles. The van der Waals surface area contributed by atoms with E-state index in [0.29, 0.717) is 11.1 Å². The first kappa shape index (κ1) is 16.4. The summed E-state index contributed by atoms with van der Waals surface area (Å²) >= 11 is 1.53. The van der Waals surface area contributed by atoms with Gasteiger partial charge in [-0.2, -0.15) is 5.26 Å². The zero-order valence-electron chi connectivity index (χ0n) is 13.8. The monoisotopic (exact) mass is 333 g/mol. The Morgan fingerprint density at radius 2 is 2.04 bits per heavy atom. The predicted molar refractivity (Wildman–Crippen MR) is 99.5 cm³/mol. The molecule has 0 saturated heterocycles. The van der Waals surface area contributed by atoms with Crippen molar-refractivity contribution in [1.29, 1.82) is 5.26 Å². The van der Waals surface area contributed by atoms with Gasteiger partial charge in [0.05, 0.1) is 11.6 Å². The number of hydrogen-bond acceptors (Lipinski definition) is 4. The van der Waals surface area contributed by atoms with E-state index in [9.17, 15) is 0 Å². The van der Waals surface area contributed by atoms with E-state index in [4.69, 9.17) is 5.26 Å². The molecule has 0 saturated carbocycles. The van der Waals surface area contributed by atoms with Gasteiger partial charge < -0.3 is 0 Å². The summed E-state index contributed by atoms with van der Waals surface area (Å²) in [6, 6.07) is 8.58. The highest BCUT2D eigenvalue weighted by Gasteiger charge is 2.17. The molecule has 0 N–H and O–H groups in total. The maximum Gasteiger partial charge on any atom is 0.148 e. The summed E-state index contributed by atoms with van der Waals surface area (Å²) in [7, 11) is 0. The fourth-order valence-corrected chi connectivity index (χ4v) is 3.77. The lowest BCUT2D eigenvalue weighted by atomic mass is 9.88. The van der Waals surface area contributed by atoms with Crippen molar-refractivity contribution >= 4 is 16.9 Å². The van der Waals surface area contributed by atoms with Crippen LogP contribution in [-0.2, 0) is 12.8 Å². The molecule has 0 spiro atoms. The van der Waals surface area contributed by atoms with Gasteiger partial charge >= 0.3 is 0 Å². The standard InChI is InChI=1S/C20H19N3S/c1-13(2)16(12-21)11-14(3)19-22-23-20(24-19)18-10-6-8-15-7-4-5-9-17(15)18/h6,8,10-11H,1,3-5,7,9H2,2H3/b16-11-. The SMILES string of the molecule is C=C(C)/C(C#N)=C\C(=C)c1nnc(-c2cccc3c2CCCC3)s1. The maximum atomic E-state index is 9.15. The number of fused-ring (bicyclic) bond motifs is 1. The zero-order valence-corrected chi connectivity index (χ0v) is 14.6. The van der Waals surface area contributed by atoms with Crippen LogP contribution in [0, 0.1) is 11.3 Å². The van der Waals surface area contributed by atoms with Crippen molar-refractivity contribution in [3.8, 4) is 16.6 Å². The lowest BCUT2D eigenvalue weighted by molar-refractivity contribution is 0.686. The third kappa shape index (κ3) is 3.22. The van der Waals surface area contributed by atoms with Crippen LogP contribution in [0.25, 0.3) is 16.1 Å². The van der Waals surface area contributed by atoms with Crippen molar-refractivity contribution in [1.82, 2.24) is 10.2 Å². The molecule has 0 fully saturated rings. The van der Waals surface area contributed by atoms with Crippen LogP contribution in [0.1, 0.15) is 35.9 Å². The van der Waals surface area contributed by atoms with Crippen LogP contribution in [0.2, 0.25) is 0 Å². The van der Waals surface area contributed by atoms with Crippen LogP contribution >= 0.6 is 11.3 Å². The van der Waals surface area contributed by atoms with Crippen molar-refractivity contribution in [3.05, 3.63) is 64.7 Å². The molecule has 24 heavy (non-hydrogen) atoms. The van der Waals surface area contributed by atoms with Gasteiger partial charge in [0.2, 0.25) is 0 Å². The normalized spacial score (nSPS) is 13.9. The molecule has 1 aromatic carbocycles. The molecule has 2 aromatic rings. The minimum Gasteiger partial charge on any atom is -0.192 e. The van der Waals surface area contributed by atoms with E-state index < -0.39 is 0 Å². The van der Waals surface area contributed by atoms with Gasteiger partial charge in [0.25, 0.3) is 0 Å². The maximum absolute atomic E-state index is 9.15. The van der Waals surface area contributed by atoms with E-state index in [1.54, 1.807) is 6.08 Å². The molecule has 0 radical (unpaired) electrons. The van der Waals surface area contributed by atoms with Crippen molar-refractivity contribution in [2.24, 2.45) is 0 Å². The molecular weight excluding hydrogens is 314 g/mol. The lowest BCUT2D eigenvalue weighted by Gasteiger charge is -2.17. The Bertz CT molecular complexity index is 881. The van der Waals surface area contributed by atoms with Gasteiger partial charge in [-0.25, -0.2) is 0 Å². The molecule has 0 amide bonds. The van der Waals surface area contributed by atoms with Gasteiger partial charge in [-0.3, -0.25) is 0 Å². The predicted octanol–water partition coefficient (Wildman–Crippen LogP) is 5.12. The Balaban J connectivity index is 1.94. The highest BCUT2D eigenvalue weighted by atomic mass is 32.1. The molecule has 1 aliphatic rings. The molecule has 0 unspecified atom stereocenters. The van der Waals surface area contributed by atoms with Gasteiger partial charge in [0.15, 0.2) is 0 Å². The second kappa shape index (κ2) is 6.94. The number of benzene rings is 1. The van der Waals surface area contributed by atoms with E-state index in [-0.39, 0.29) is 0 Å². The summed E-state index contributed by atoms with van der Waals surface area (Å²) < 4.78 is 0. The molecule has 3 rings (SSSR count). The number of rotatable bonds is 4. The van der Waals surface area contributed by atoms with Crippen molar-refractivity contribution in [3.63, 3.8) is 0 Å². The van der Waals surface area contributed by atoms with Crippen LogP contribution in [-0.4, -0.2) is 10.2 Å². The smallest absolute Gasteiger partial charge is 0.148 e. The second-order valence-corrected chi connectivity index (χ2v) is 7.02. The number of nitrogens with zero attached hydrogens (tertiary/aromatic N) is 3. The summed E-state index contributed by atoms with van der Waals surface area (Å²) in [5.41, 5.74) is 5.97. The average molecular weight is 333 g/mol. The van der Waals surface area contributed by atoms with Crippen LogP contribution in [0.15, 0.2) is 48.6 Å². The summed E-state index contributed by atoms with van der Waals surface area (Å²) in [6.07, 6.45) is 6.48.